The topological polar surface area (TPSA) is 36.8 Å². The van der Waals surface area contributed by atoms with E-state index in [1.165, 1.54) is 44.9 Å². The van der Waals surface area contributed by atoms with Crippen LogP contribution >= 0.6 is 0 Å². The average molecular weight is 1030 g/mol. The zero-order valence-electron chi connectivity index (χ0n) is 37.5. The van der Waals surface area contributed by atoms with Crippen molar-refractivity contribution in [1.29, 1.82) is 0 Å². The Labute approximate surface area is 396 Å². The van der Waals surface area contributed by atoms with Crippen molar-refractivity contribution < 1.29 is 25.8 Å². The van der Waals surface area contributed by atoms with Gasteiger partial charge >= 0.3 is 0 Å². The van der Waals surface area contributed by atoms with Crippen LogP contribution in [-0.2, 0) is 37.3 Å². The third-order valence-corrected chi connectivity index (χ3v) is 13.8. The van der Waals surface area contributed by atoms with Gasteiger partial charge in [-0.05, 0) is 93.2 Å². The molecular formula is C58H48N5OPt-3. The third kappa shape index (κ3) is 6.21. The molecule has 0 spiro atoms. The summed E-state index contributed by atoms with van der Waals surface area (Å²) in [5.41, 5.74) is 16.0. The van der Waals surface area contributed by atoms with Gasteiger partial charge in [0.1, 0.15) is 5.82 Å². The molecule has 0 fully saturated rings. The summed E-state index contributed by atoms with van der Waals surface area (Å²) < 4.78 is 8.86. The van der Waals surface area contributed by atoms with Crippen molar-refractivity contribution in [3.63, 3.8) is 0 Å². The van der Waals surface area contributed by atoms with E-state index in [-0.39, 0.29) is 37.3 Å². The molecule has 65 heavy (non-hydrogen) atoms. The first-order valence-corrected chi connectivity index (χ1v) is 22.2. The summed E-state index contributed by atoms with van der Waals surface area (Å²) in [6.07, 6.45) is 1.90. The Bertz CT molecular complexity index is 3300. The van der Waals surface area contributed by atoms with E-state index in [0.29, 0.717) is 11.5 Å². The second-order valence-corrected chi connectivity index (χ2v) is 19.4. The molecule has 12 rings (SSSR count). The monoisotopic (exact) mass is 1030 g/mol. The molecule has 0 N–H and O–H groups in total. The largest absolute Gasteiger partial charge is 0.509 e. The van der Waals surface area contributed by atoms with Crippen LogP contribution in [0.1, 0.15) is 76.3 Å². The first-order chi connectivity index (χ1) is 30.9. The minimum atomic E-state index is -0.241. The fraction of sp³-hybridized carbons (Fsp3) is 0.172. The van der Waals surface area contributed by atoms with E-state index in [2.05, 4.69) is 220 Å². The maximum absolute atomic E-state index is 6.66. The quantitative estimate of drug-likeness (QED) is 0.161. The van der Waals surface area contributed by atoms with Crippen LogP contribution in [0.15, 0.2) is 158 Å². The fourth-order valence-corrected chi connectivity index (χ4v) is 10.4. The molecule has 2 aromatic heterocycles. The van der Waals surface area contributed by atoms with Gasteiger partial charge in [-0.2, -0.15) is 12.1 Å². The molecule has 0 radical (unpaired) electrons. The number of para-hydroxylation sites is 5. The van der Waals surface area contributed by atoms with Crippen molar-refractivity contribution in [3.05, 3.63) is 204 Å². The summed E-state index contributed by atoms with van der Waals surface area (Å²) in [6.45, 7) is 18.4. The number of anilines is 7. The summed E-state index contributed by atoms with van der Waals surface area (Å²) in [4.78, 5) is 11.9. The van der Waals surface area contributed by atoms with Gasteiger partial charge in [-0.25, -0.2) is 4.98 Å². The number of nitrogens with zero attached hydrogens (tertiary/aromatic N) is 5. The molecule has 0 saturated carbocycles. The summed E-state index contributed by atoms with van der Waals surface area (Å²) in [5, 5.41) is 2.24. The van der Waals surface area contributed by atoms with Gasteiger partial charge in [0.05, 0.1) is 17.1 Å². The molecule has 0 amide bonds. The van der Waals surface area contributed by atoms with E-state index >= 15 is 0 Å². The SMILES string of the molecule is CC(C)(C)c1ccnc(-n2c3[c-]c(Oc4[c-]c(N5[CH-]N(c6cc7c8c(c6)C(C)(C)c6ccccc6N8c6ccccc6C7(C)C)c6ccccc65)ccc4)ccc3c3ccccc32)c1.[Pt]. The second kappa shape index (κ2) is 14.7. The van der Waals surface area contributed by atoms with Gasteiger partial charge in [-0.3, -0.25) is 0 Å². The maximum atomic E-state index is 6.66. The summed E-state index contributed by atoms with van der Waals surface area (Å²) in [7, 11) is 0. The van der Waals surface area contributed by atoms with E-state index in [1.54, 1.807) is 0 Å². The van der Waals surface area contributed by atoms with E-state index in [1.807, 2.05) is 24.4 Å². The fourth-order valence-electron chi connectivity index (χ4n) is 10.4. The Balaban J connectivity index is 0.00000469. The smallest absolute Gasteiger partial charge is 0.135 e. The molecule has 0 bridgehead atoms. The molecular weight excluding hydrogens is 978 g/mol. The van der Waals surface area contributed by atoms with Gasteiger partial charge in [0.15, 0.2) is 0 Å². The number of aromatic nitrogens is 2. The average Bonchev–Trinajstić information content (AvgIpc) is 3.85. The predicted molar refractivity (Wildman–Crippen MR) is 262 cm³/mol. The number of pyridine rings is 1. The van der Waals surface area contributed by atoms with Crippen LogP contribution in [0.2, 0.25) is 0 Å². The Hall–Kier alpha value is -6.62. The third-order valence-electron chi connectivity index (χ3n) is 13.8. The Morgan fingerprint density at radius 2 is 1.17 bits per heavy atom. The molecule has 324 valence electrons. The zero-order chi connectivity index (χ0) is 43.7. The van der Waals surface area contributed by atoms with Crippen LogP contribution in [0.5, 0.6) is 11.5 Å². The standard InChI is InChI=1S/C58H48N5O.Pt/c1-56(2,3)37-29-30-59-54(31-37)62-48-22-11-8-19-42(48)43-28-27-41(35-53(43)62)64-40-18-16-17-38(32-40)60-36-61(52-26-15-14-25-51(52)60)39-33-46-55-47(34-39)58(6,7)45-21-10-13-24-50(45)63(55)49-23-12-9-20-44(49)57(46,4)5;/h8-31,33-34,36H,1-7H3;/q-3;. The van der Waals surface area contributed by atoms with E-state index < -0.39 is 0 Å². The minimum absolute atomic E-state index is 0. The summed E-state index contributed by atoms with van der Waals surface area (Å²) in [6, 6.07) is 61.6. The molecule has 3 aliphatic rings. The number of benzene rings is 7. The maximum Gasteiger partial charge on any atom is 0.135 e. The van der Waals surface area contributed by atoms with E-state index in [0.717, 1.165) is 50.4 Å². The molecule has 0 saturated heterocycles. The Morgan fingerprint density at radius 3 is 1.85 bits per heavy atom. The van der Waals surface area contributed by atoms with Crippen molar-refractivity contribution in [2.45, 2.75) is 64.7 Å². The van der Waals surface area contributed by atoms with Crippen LogP contribution < -0.4 is 19.4 Å². The first kappa shape index (κ1) is 41.1. The second-order valence-electron chi connectivity index (χ2n) is 19.4. The normalized spacial score (nSPS) is 15.3. The summed E-state index contributed by atoms with van der Waals surface area (Å²) in [5.74, 6) is 2.07. The van der Waals surface area contributed by atoms with Gasteiger partial charge in [-0.15, -0.1) is 48.1 Å². The van der Waals surface area contributed by atoms with Crippen molar-refractivity contribution >= 4 is 61.6 Å². The molecule has 0 atom stereocenters. The number of rotatable bonds is 5. The number of fused-ring (bicyclic) bond motifs is 8. The van der Waals surface area contributed by atoms with Crippen LogP contribution in [0.4, 0.5) is 39.8 Å². The molecule has 9 aromatic rings. The first-order valence-electron chi connectivity index (χ1n) is 22.2. The van der Waals surface area contributed by atoms with E-state index in [9.17, 15) is 0 Å². The van der Waals surface area contributed by atoms with Gasteiger partial charge in [0, 0.05) is 72.2 Å². The van der Waals surface area contributed by atoms with Crippen molar-refractivity contribution in [2.24, 2.45) is 0 Å². The molecule has 3 aliphatic heterocycles. The van der Waals surface area contributed by atoms with Crippen LogP contribution in [0.3, 0.4) is 0 Å². The van der Waals surface area contributed by atoms with Crippen LogP contribution in [0, 0.1) is 18.8 Å². The molecule has 7 aromatic carbocycles. The summed E-state index contributed by atoms with van der Waals surface area (Å²) >= 11 is 0. The van der Waals surface area contributed by atoms with Gasteiger partial charge in [-0.1, -0.05) is 121 Å². The molecule has 5 heterocycles. The number of ether oxygens (including phenoxy) is 1. The van der Waals surface area contributed by atoms with Gasteiger partial charge in [0.2, 0.25) is 0 Å². The van der Waals surface area contributed by atoms with Gasteiger partial charge in [0.25, 0.3) is 0 Å². The van der Waals surface area contributed by atoms with Crippen molar-refractivity contribution in [3.8, 4) is 17.3 Å². The number of hydrogen-bond donors (Lipinski definition) is 0. The number of hydrogen-bond acceptors (Lipinski definition) is 5. The Morgan fingerprint density at radius 1 is 0.569 bits per heavy atom. The van der Waals surface area contributed by atoms with E-state index in [4.69, 9.17) is 9.72 Å². The zero-order valence-corrected chi connectivity index (χ0v) is 39.8. The predicted octanol–water partition coefficient (Wildman–Crippen LogP) is 15.0. The van der Waals surface area contributed by atoms with Crippen LogP contribution in [-0.4, -0.2) is 9.55 Å². The van der Waals surface area contributed by atoms with Gasteiger partial charge < -0.3 is 24.0 Å². The molecule has 0 aliphatic carbocycles. The molecule has 6 nitrogen and oxygen atoms in total. The molecule has 7 heteroatoms. The van der Waals surface area contributed by atoms with Crippen LogP contribution in [0.25, 0.3) is 27.6 Å². The van der Waals surface area contributed by atoms with Crippen molar-refractivity contribution in [2.75, 3.05) is 14.7 Å². The Kier molecular flexibility index (Phi) is 9.30. The molecule has 0 unspecified atom stereocenters. The minimum Gasteiger partial charge on any atom is -0.509 e. The van der Waals surface area contributed by atoms with Crippen molar-refractivity contribution in [1.82, 2.24) is 9.55 Å².